The molecular formula is C17H21NO3. The van der Waals surface area contributed by atoms with Crippen molar-refractivity contribution in [1.29, 1.82) is 0 Å². The van der Waals surface area contributed by atoms with Crippen LogP contribution < -0.4 is 19.9 Å². The van der Waals surface area contributed by atoms with Gasteiger partial charge >= 0.3 is 0 Å². The molecule has 2 aromatic rings. The molecule has 0 atom stereocenters. The normalized spacial score (nSPS) is 10.3. The van der Waals surface area contributed by atoms with Crippen molar-refractivity contribution >= 4 is 5.69 Å². The van der Waals surface area contributed by atoms with E-state index in [1.165, 1.54) is 0 Å². The number of methoxy groups -OCH3 is 2. The summed E-state index contributed by atoms with van der Waals surface area (Å²) in [6.07, 6.45) is 0. The van der Waals surface area contributed by atoms with Gasteiger partial charge in [0.15, 0.2) is 11.5 Å². The number of nitrogens with two attached hydrogens (primary N) is 1. The lowest BCUT2D eigenvalue weighted by atomic mass is 10.1. The number of benzene rings is 2. The van der Waals surface area contributed by atoms with E-state index in [9.17, 15) is 0 Å². The van der Waals surface area contributed by atoms with E-state index < -0.39 is 0 Å². The second-order valence-corrected chi connectivity index (χ2v) is 4.98. The van der Waals surface area contributed by atoms with Gasteiger partial charge in [-0.2, -0.15) is 0 Å². The highest BCUT2D eigenvalue weighted by Crippen LogP contribution is 2.30. The zero-order valence-corrected chi connectivity index (χ0v) is 12.9. The summed E-state index contributed by atoms with van der Waals surface area (Å²) in [7, 11) is 3.23. The van der Waals surface area contributed by atoms with Crippen LogP contribution in [0.5, 0.6) is 17.2 Å². The number of hydrogen-bond acceptors (Lipinski definition) is 4. The maximum atomic E-state index is 6.02. The van der Waals surface area contributed by atoms with E-state index in [1.54, 1.807) is 14.2 Å². The minimum atomic E-state index is 0.425. The Bertz CT molecular complexity index is 615. The second-order valence-electron chi connectivity index (χ2n) is 4.98. The van der Waals surface area contributed by atoms with Gasteiger partial charge in [0.2, 0.25) is 0 Å². The molecule has 4 nitrogen and oxygen atoms in total. The van der Waals surface area contributed by atoms with E-state index >= 15 is 0 Å². The van der Waals surface area contributed by atoms with Crippen molar-refractivity contribution in [3.63, 3.8) is 0 Å². The first-order valence-electron chi connectivity index (χ1n) is 6.75. The minimum Gasteiger partial charge on any atom is -0.493 e. The number of nitrogen functional groups attached to an aromatic ring is 1. The predicted molar refractivity (Wildman–Crippen MR) is 84.2 cm³/mol. The first-order chi connectivity index (χ1) is 10.0. The van der Waals surface area contributed by atoms with Crippen LogP contribution in [0.1, 0.15) is 16.7 Å². The molecule has 21 heavy (non-hydrogen) atoms. The molecule has 0 aliphatic heterocycles. The number of hydrogen-bond donors (Lipinski definition) is 1. The Balaban J connectivity index is 2.17. The van der Waals surface area contributed by atoms with Gasteiger partial charge in [0.1, 0.15) is 12.4 Å². The Morgan fingerprint density at radius 3 is 2.29 bits per heavy atom. The summed E-state index contributed by atoms with van der Waals surface area (Å²) in [5.41, 5.74) is 9.83. The number of rotatable bonds is 5. The molecular weight excluding hydrogens is 266 g/mol. The highest BCUT2D eigenvalue weighted by molar-refractivity contribution is 5.58. The number of ether oxygens (including phenoxy) is 3. The summed E-state index contributed by atoms with van der Waals surface area (Å²) >= 11 is 0. The van der Waals surface area contributed by atoms with Crippen LogP contribution >= 0.6 is 0 Å². The molecule has 0 saturated carbocycles. The molecule has 2 N–H and O–H groups in total. The third kappa shape index (κ3) is 3.40. The van der Waals surface area contributed by atoms with Crippen molar-refractivity contribution in [1.82, 2.24) is 0 Å². The van der Waals surface area contributed by atoms with E-state index in [0.717, 1.165) is 22.4 Å². The van der Waals surface area contributed by atoms with Crippen LogP contribution in [0.15, 0.2) is 30.3 Å². The Morgan fingerprint density at radius 2 is 1.67 bits per heavy atom. The zero-order chi connectivity index (χ0) is 15.4. The summed E-state index contributed by atoms with van der Waals surface area (Å²) in [5.74, 6) is 2.12. The van der Waals surface area contributed by atoms with Crippen molar-refractivity contribution in [2.75, 3.05) is 20.0 Å². The van der Waals surface area contributed by atoms with Crippen LogP contribution in [0.25, 0.3) is 0 Å². The average molecular weight is 287 g/mol. The third-order valence-corrected chi connectivity index (χ3v) is 3.28. The molecule has 2 rings (SSSR count). The van der Waals surface area contributed by atoms with Crippen LogP contribution in [-0.4, -0.2) is 14.2 Å². The minimum absolute atomic E-state index is 0.425. The predicted octanol–water partition coefficient (Wildman–Crippen LogP) is 3.48. The monoisotopic (exact) mass is 287 g/mol. The average Bonchev–Trinajstić information content (AvgIpc) is 2.45. The van der Waals surface area contributed by atoms with Crippen molar-refractivity contribution < 1.29 is 14.2 Å². The number of aryl methyl sites for hydroxylation is 2. The largest absolute Gasteiger partial charge is 0.493 e. The van der Waals surface area contributed by atoms with Crippen LogP contribution in [-0.2, 0) is 6.61 Å². The molecule has 0 bridgehead atoms. The van der Waals surface area contributed by atoms with Gasteiger partial charge < -0.3 is 19.9 Å². The molecule has 0 aromatic heterocycles. The fraction of sp³-hybridized carbons (Fsp3) is 0.294. The lowest BCUT2D eigenvalue weighted by Crippen LogP contribution is -2.02. The molecule has 0 amide bonds. The summed E-state index contributed by atoms with van der Waals surface area (Å²) < 4.78 is 16.4. The summed E-state index contributed by atoms with van der Waals surface area (Å²) in [6, 6.07) is 9.68. The van der Waals surface area contributed by atoms with Gasteiger partial charge in [-0.3, -0.25) is 0 Å². The quantitative estimate of drug-likeness (QED) is 0.855. The van der Waals surface area contributed by atoms with Crippen molar-refractivity contribution in [2.24, 2.45) is 0 Å². The maximum Gasteiger partial charge on any atom is 0.161 e. The lowest BCUT2D eigenvalue weighted by Gasteiger charge is -2.14. The first kappa shape index (κ1) is 15.0. The molecule has 0 aliphatic rings. The lowest BCUT2D eigenvalue weighted by molar-refractivity contribution is 0.303. The van der Waals surface area contributed by atoms with Crippen LogP contribution in [0.4, 0.5) is 5.69 Å². The molecule has 4 heteroatoms. The van der Waals surface area contributed by atoms with Crippen molar-refractivity contribution in [3.8, 4) is 17.2 Å². The molecule has 0 unspecified atom stereocenters. The van der Waals surface area contributed by atoms with Crippen molar-refractivity contribution in [2.45, 2.75) is 20.5 Å². The summed E-state index contributed by atoms with van der Waals surface area (Å²) in [4.78, 5) is 0. The summed E-state index contributed by atoms with van der Waals surface area (Å²) in [6.45, 7) is 4.43. The fourth-order valence-electron chi connectivity index (χ4n) is 2.31. The fourth-order valence-corrected chi connectivity index (χ4v) is 2.31. The van der Waals surface area contributed by atoms with Gasteiger partial charge in [0.25, 0.3) is 0 Å². The van der Waals surface area contributed by atoms with E-state index in [4.69, 9.17) is 19.9 Å². The van der Waals surface area contributed by atoms with Gasteiger partial charge in [0, 0.05) is 0 Å². The summed E-state index contributed by atoms with van der Waals surface area (Å²) in [5, 5.41) is 0. The second kappa shape index (κ2) is 6.39. The molecule has 0 heterocycles. The Labute approximate surface area is 125 Å². The molecule has 0 fully saturated rings. The van der Waals surface area contributed by atoms with Crippen molar-refractivity contribution in [3.05, 3.63) is 47.0 Å². The SMILES string of the molecule is COc1ccc(COc2c(C)cc(C)cc2N)cc1OC. The smallest absolute Gasteiger partial charge is 0.161 e. The third-order valence-electron chi connectivity index (χ3n) is 3.28. The highest BCUT2D eigenvalue weighted by Gasteiger charge is 2.08. The van der Waals surface area contributed by atoms with E-state index in [-0.39, 0.29) is 0 Å². The number of anilines is 1. The van der Waals surface area contributed by atoms with E-state index in [1.807, 2.05) is 38.1 Å². The van der Waals surface area contributed by atoms with Gasteiger partial charge in [0.05, 0.1) is 19.9 Å². The van der Waals surface area contributed by atoms with Crippen LogP contribution in [0.2, 0.25) is 0 Å². The van der Waals surface area contributed by atoms with E-state index in [2.05, 4.69) is 6.07 Å². The Hall–Kier alpha value is -2.36. The van der Waals surface area contributed by atoms with E-state index in [0.29, 0.717) is 23.8 Å². The van der Waals surface area contributed by atoms with Crippen LogP contribution in [0.3, 0.4) is 0 Å². The van der Waals surface area contributed by atoms with Crippen LogP contribution in [0, 0.1) is 13.8 Å². The molecule has 0 spiro atoms. The molecule has 0 saturated heterocycles. The molecule has 0 aliphatic carbocycles. The maximum absolute atomic E-state index is 6.02. The van der Waals surface area contributed by atoms with Gasteiger partial charge in [-0.15, -0.1) is 0 Å². The zero-order valence-electron chi connectivity index (χ0n) is 12.9. The first-order valence-corrected chi connectivity index (χ1v) is 6.75. The van der Waals surface area contributed by atoms with Gasteiger partial charge in [-0.1, -0.05) is 12.1 Å². The van der Waals surface area contributed by atoms with Gasteiger partial charge in [-0.25, -0.2) is 0 Å². The molecule has 0 radical (unpaired) electrons. The molecule has 112 valence electrons. The van der Waals surface area contributed by atoms with Gasteiger partial charge in [-0.05, 0) is 48.7 Å². The highest BCUT2D eigenvalue weighted by atomic mass is 16.5. The topological polar surface area (TPSA) is 53.7 Å². The Kier molecular flexibility index (Phi) is 4.58. The standard InChI is InChI=1S/C17H21NO3/c1-11-7-12(2)17(14(18)8-11)21-10-13-5-6-15(19-3)16(9-13)20-4/h5-9H,10,18H2,1-4H3. The Morgan fingerprint density at radius 1 is 0.952 bits per heavy atom. The molecule has 2 aromatic carbocycles.